The number of fused-ring (bicyclic) bond motifs is 3. The molecule has 32 heavy (non-hydrogen) atoms. The van der Waals surface area contributed by atoms with Crippen LogP contribution in [0.5, 0.6) is 5.75 Å². The van der Waals surface area contributed by atoms with Crippen molar-refractivity contribution in [3.05, 3.63) is 119 Å². The molecular weight excluding hydrogens is 400 g/mol. The molecule has 5 nitrogen and oxygen atoms in total. The van der Waals surface area contributed by atoms with Gasteiger partial charge in [-0.25, -0.2) is 0 Å². The lowest BCUT2D eigenvalue weighted by Crippen LogP contribution is -2.23. The summed E-state index contributed by atoms with van der Waals surface area (Å²) in [5, 5.41) is 2.92. The SMILES string of the molecule is O=C(NCc1ccc(OCc2cccnc2)cc1)c1ccc2c(c1)C(=O)c1ccccc1-2. The maximum Gasteiger partial charge on any atom is 0.251 e. The fourth-order valence-electron chi connectivity index (χ4n) is 3.81. The largest absolute Gasteiger partial charge is 0.489 e. The van der Waals surface area contributed by atoms with Crippen LogP contribution in [0.1, 0.15) is 37.4 Å². The number of nitrogens with zero attached hydrogens (tertiary/aromatic N) is 1. The van der Waals surface area contributed by atoms with E-state index in [2.05, 4.69) is 10.3 Å². The Bertz CT molecular complexity index is 1300. The van der Waals surface area contributed by atoms with Crippen molar-refractivity contribution in [3.63, 3.8) is 0 Å². The third-order valence-electron chi connectivity index (χ3n) is 5.49. The molecule has 0 atom stereocenters. The van der Waals surface area contributed by atoms with Gasteiger partial charge < -0.3 is 10.1 Å². The van der Waals surface area contributed by atoms with E-state index in [4.69, 9.17) is 4.74 Å². The van der Waals surface area contributed by atoms with Crippen molar-refractivity contribution in [1.82, 2.24) is 10.3 Å². The van der Waals surface area contributed by atoms with Crippen molar-refractivity contribution < 1.29 is 14.3 Å². The van der Waals surface area contributed by atoms with Crippen LogP contribution in [0.2, 0.25) is 0 Å². The second-order valence-electron chi connectivity index (χ2n) is 7.61. The first-order valence-electron chi connectivity index (χ1n) is 10.4. The van der Waals surface area contributed by atoms with Gasteiger partial charge in [-0.1, -0.05) is 48.5 Å². The Hall–Kier alpha value is -4.25. The average molecular weight is 420 g/mol. The maximum absolute atomic E-state index is 12.7. The third-order valence-corrected chi connectivity index (χ3v) is 5.49. The summed E-state index contributed by atoms with van der Waals surface area (Å²) in [5.41, 5.74) is 5.49. The van der Waals surface area contributed by atoms with E-state index in [1.165, 1.54) is 0 Å². The smallest absolute Gasteiger partial charge is 0.251 e. The van der Waals surface area contributed by atoms with E-state index >= 15 is 0 Å². The molecule has 0 saturated heterocycles. The Labute approximate surface area is 185 Å². The van der Waals surface area contributed by atoms with Crippen LogP contribution >= 0.6 is 0 Å². The van der Waals surface area contributed by atoms with Crippen molar-refractivity contribution in [2.45, 2.75) is 13.2 Å². The Balaban J connectivity index is 1.21. The molecule has 1 aliphatic rings. The molecule has 0 saturated carbocycles. The van der Waals surface area contributed by atoms with Crippen molar-refractivity contribution in [2.24, 2.45) is 0 Å². The minimum atomic E-state index is -0.214. The zero-order valence-corrected chi connectivity index (χ0v) is 17.2. The summed E-state index contributed by atoms with van der Waals surface area (Å²) >= 11 is 0. The number of benzene rings is 3. The number of ketones is 1. The lowest BCUT2D eigenvalue weighted by Gasteiger charge is -2.09. The average Bonchev–Trinajstić information content (AvgIpc) is 3.14. The van der Waals surface area contributed by atoms with E-state index in [1.54, 1.807) is 24.5 Å². The van der Waals surface area contributed by atoms with Crippen molar-refractivity contribution in [1.29, 1.82) is 0 Å². The predicted molar refractivity (Wildman–Crippen MR) is 121 cm³/mol. The minimum Gasteiger partial charge on any atom is -0.489 e. The standard InChI is InChI=1S/C27H20N2O3/c30-26-24-6-2-1-5-22(24)23-12-9-20(14-25(23)26)27(31)29-16-18-7-10-21(11-8-18)32-17-19-4-3-13-28-15-19/h1-15H,16-17H2,(H,29,31). The highest BCUT2D eigenvalue weighted by molar-refractivity contribution is 6.22. The van der Waals surface area contributed by atoms with Gasteiger partial charge in [0.25, 0.3) is 5.91 Å². The molecule has 156 valence electrons. The van der Waals surface area contributed by atoms with Crippen LogP contribution in [0, 0.1) is 0 Å². The number of amides is 1. The molecule has 0 bridgehead atoms. The van der Waals surface area contributed by atoms with Gasteiger partial charge in [0.05, 0.1) is 0 Å². The molecule has 5 rings (SSSR count). The van der Waals surface area contributed by atoms with Crippen LogP contribution in [0.3, 0.4) is 0 Å². The number of carbonyl (C=O) groups is 2. The fraction of sp³-hybridized carbons (Fsp3) is 0.0741. The molecule has 3 aromatic carbocycles. The summed E-state index contributed by atoms with van der Waals surface area (Å²) in [4.78, 5) is 29.4. The zero-order valence-electron chi connectivity index (χ0n) is 17.2. The van der Waals surface area contributed by atoms with Gasteiger partial charge in [-0.05, 0) is 47.0 Å². The molecular formula is C27H20N2O3. The Morgan fingerprint density at radius 2 is 1.59 bits per heavy atom. The van der Waals surface area contributed by atoms with Crippen molar-refractivity contribution in [3.8, 4) is 16.9 Å². The maximum atomic E-state index is 12.7. The summed E-state index contributed by atoms with van der Waals surface area (Å²) in [6.07, 6.45) is 3.50. The lowest BCUT2D eigenvalue weighted by molar-refractivity contribution is 0.0951. The van der Waals surface area contributed by atoms with Gasteiger partial charge in [-0.3, -0.25) is 14.6 Å². The summed E-state index contributed by atoms with van der Waals surface area (Å²) in [6, 6.07) is 24.2. The molecule has 0 radical (unpaired) electrons. The number of rotatable bonds is 6. The number of pyridine rings is 1. The summed E-state index contributed by atoms with van der Waals surface area (Å²) in [7, 11) is 0. The molecule has 1 amide bonds. The van der Waals surface area contributed by atoms with Crippen molar-refractivity contribution in [2.75, 3.05) is 0 Å². The first-order chi connectivity index (χ1) is 15.7. The van der Waals surface area contributed by atoms with Crippen LogP contribution in [-0.4, -0.2) is 16.7 Å². The quantitative estimate of drug-likeness (QED) is 0.428. The molecule has 1 heterocycles. The highest BCUT2D eigenvalue weighted by Crippen LogP contribution is 2.36. The first kappa shape index (κ1) is 19.7. The normalized spacial score (nSPS) is 11.6. The molecule has 5 heteroatoms. The lowest BCUT2D eigenvalue weighted by atomic mass is 10.0. The molecule has 1 aliphatic carbocycles. The zero-order chi connectivity index (χ0) is 21.9. The molecule has 1 N–H and O–H groups in total. The first-order valence-corrected chi connectivity index (χ1v) is 10.4. The molecule has 0 spiro atoms. The second-order valence-corrected chi connectivity index (χ2v) is 7.61. The van der Waals surface area contributed by atoms with Gasteiger partial charge >= 0.3 is 0 Å². The van der Waals surface area contributed by atoms with E-state index < -0.39 is 0 Å². The van der Waals surface area contributed by atoms with Crippen LogP contribution < -0.4 is 10.1 Å². The highest BCUT2D eigenvalue weighted by Gasteiger charge is 2.26. The van der Waals surface area contributed by atoms with Gasteiger partial charge in [0, 0.05) is 41.2 Å². The highest BCUT2D eigenvalue weighted by atomic mass is 16.5. The number of nitrogens with one attached hydrogen (secondary N) is 1. The topological polar surface area (TPSA) is 68.3 Å². The van der Waals surface area contributed by atoms with E-state index in [0.717, 1.165) is 28.0 Å². The van der Waals surface area contributed by atoms with E-state index in [1.807, 2.05) is 66.7 Å². The van der Waals surface area contributed by atoms with Crippen LogP contribution in [-0.2, 0) is 13.2 Å². The molecule has 0 unspecified atom stereocenters. The molecule has 1 aromatic heterocycles. The third kappa shape index (κ3) is 3.88. The van der Waals surface area contributed by atoms with Gasteiger partial charge in [0.15, 0.2) is 5.78 Å². The van der Waals surface area contributed by atoms with Gasteiger partial charge in [0.1, 0.15) is 12.4 Å². The van der Waals surface area contributed by atoms with Gasteiger partial charge in [-0.2, -0.15) is 0 Å². The fourth-order valence-corrected chi connectivity index (χ4v) is 3.81. The number of carbonyl (C=O) groups excluding carboxylic acids is 2. The number of hydrogen-bond acceptors (Lipinski definition) is 4. The molecule has 0 aliphatic heterocycles. The summed E-state index contributed by atoms with van der Waals surface area (Å²) in [5.74, 6) is 0.501. The second kappa shape index (κ2) is 8.47. The van der Waals surface area contributed by atoms with Crippen LogP contribution in [0.25, 0.3) is 11.1 Å². The summed E-state index contributed by atoms with van der Waals surface area (Å²) in [6.45, 7) is 0.831. The number of ether oxygens (including phenoxy) is 1. The Morgan fingerprint density at radius 3 is 2.38 bits per heavy atom. The van der Waals surface area contributed by atoms with Gasteiger partial charge in [0.2, 0.25) is 0 Å². The molecule has 0 fully saturated rings. The Morgan fingerprint density at radius 1 is 0.812 bits per heavy atom. The minimum absolute atomic E-state index is 0.0351. The number of hydrogen-bond donors (Lipinski definition) is 1. The van der Waals surface area contributed by atoms with E-state index in [9.17, 15) is 9.59 Å². The predicted octanol–water partition coefficient (Wildman–Crippen LogP) is 4.80. The van der Waals surface area contributed by atoms with Gasteiger partial charge in [-0.15, -0.1) is 0 Å². The summed E-state index contributed by atoms with van der Waals surface area (Å²) < 4.78 is 5.76. The van der Waals surface area contributed by atoms with Crippen LogP contribution in [0.4, 0.5) is 0 Å². The Kier molecular flexibility index (Phi) is 5.22. The van der Waals surface area contributed by atoms with E-state index in [0.29, 0.717) is 29.8 Å². The monoisotopic (exact) mass is 420 g/mol. The van der Waals surface area contributed by atoms with Crippen LogP contribution in [0.15, 0.2) is 91.3 Å². The molecule has 4 aromatic rings. The number of aromatic nitrogens is 1. The van der Waals surface area contributed by atoms with Crippen molar-refractivity contribution >= 4 is 11.7 Å². The van der Waals surface area contributed by atoms with E-state index in [-0.39, 0.29) is 11.7 Å².